The Morgan fingerprint density at radius 2 is 1.88 bits per heavy atom. The monoisotopic (exact) mass is 246 g/mol. The summed E-state index contributed by atoms with van der Waals surface area (Å²) in [5.74, 6) is -0.233. The van der Waals surface area contributed by atoms with Crippen LogP contribution in [-0.4, -0.2) is 17.9 Å². The summed E-state index contributed by atoms with van der Waals surface area (Å²) in [5.41, 5.74) is -0.358. The van der Waals surface area contributed by atoms with E-state index in [0.717, 1.165) is 25.7 Å². The highest BCUT2D eigenvalue weighted by molar-refractivity contribution is 5.69. The first-order valence-corrected chi connectivity index (χ1v) is 6.45. The van der Waals surface area contributed by atoms with Crippen molar-refractivity contribution in [1.82, 2.24) is 0 Å². The molecule has 0 aromatic carbocycles. The van der Waals surface area contributed by atoms with Crippen molar-refractivity contribution in [3.05, 3.63) is 0 Å². The molecule has 17 heavy (non-hydrogen) atoms. The summed E-state index contributed by atoms with van der Waals surface area (Å²) in [4.78, 5) is 21.6. The molecule has 0 aromatic rings. The fourth-order valence-electron chi connectivity index (χ4n) is 1.04. The first kappa shape index (κ1) is 16.4. The third-order valence-corrected chi connectivity index (χ3v) is 2.54. The van der Waals surface area contributed by atoms with Gasteiger partial charge in [0.05, 0.1) is 5.60 Å². The van der Waals surface area contributed by atoms with Gasteiger partial charge < -0.3 is 4.74 Å². The average Bonchev–Trinajstić information content (AvgIpc) is 2.27. The standard InChI is InChI=1S/C13H26O4/c1-6-8-9-10-12(14)15-11(3)16-17-13(4,5)7-2/h11H,6-10H2,1-5H3. The number of carbonyl (C=O) groups excluding carboxylic acids is 1. The summed E-state index contributed by atoms with van der Waals surface area (Å²) in [6, 6.07) is 0. The molecule has 0 heterocycles. The summed E-state index contributed by atoms with van der Waals surface area (Å²) in [6.07, 6.45) is 3.61. The number of rotatable bonds is 9. The number of unbranched alkanes of at least 4 members (excludes halogenated alkanes) is 2. The minimum atomic E-state index is -0.657. The normalized spacial score (nSPS) is 13.5. The van der Waals surface area contributed by atoms with Gasteiger partial charge in [-0.25, -0.2) is 4.89 Å². The molecule has 0 saturated heterocycles. The molecule has 1 unspecified atom stereocenters. The van der Waals surface area contributed by atoms with Crippen LogP contribution >= 0.6 is 0 Å². The van der Waals surface area contributed by atoms with Gasteiger partial charge in [0.15, 0.2) is 0 Å². The fraction of sp³-hybridized carbons (Fsp3) is 0.923. The molecule has 0 saturated carbocycles. The summed E-state index contributed by atoms with van der Waals surface area (Å²) in [7, 11) is 0. The molecule has 1 atom stereocenters. The van der Waals surface area contributed by atoms with E-state index in [4.69, 9.17) is 14.5 Å². The number of ether oxygens (including phenoxy) is 1. The van der Waals surface area contributed by atoms with E-state index in [1.165, 1.54) is 0 Å². The topological polar surface area (TPSA) is 44.8 Å². The van der Waals surface area contributed by atoms with E-state index in [-0.39, 0.29) is 11.6 Å². The van der Waals surface area contributed by atoms with Crippen LogP contribution in [0.25, 0.3) is 0 Å². The number of carbonyl (C=O) groups is 1. The lowest BCUT2D eigenvalue weighted by molar-refractivity contribution is -0.408. The maximum absolute atomic E-state index is 11.4. The molecule has 0 spiro atoms. The first-order chi connectivity index (χ1) is 7.91. The van der Waals surface area contributed by atoms with Crippen molar-refractivity contribution in [2.24, 2.45) is 0 Å². The van der Waals surface area contributed by atoms with Crippen LogP contribution in [0.2, 0.25) is 0 Å². The average molecular weight is 246 g/mol. The Hall–Kier alpha value is -0.610. The van der Waals surface area contributed by atoms with Gasteiger partial charge in [-0.15, -0.1) is 0 Å². The molecule has 0 aromatic heterocycles. The van der Waals surface area contributed by atoms with Gasteiger partial charge in [0, 0.05) is 13.3 Å². The molecule has 0 aliphatic rings. The molecule has 4 nitrogen and oxygen atoms in total. The van der Waals surface area contributed by atoms with Gasteiger partial charge in [0.1, 0.15) is 0 Å². The van der Waals surface area contributed by atoms with Gasteiger partial charge in [0.25, 0.3) is 0 Å². The van der Waals surface area contributed by atoms with Gasteiger partial charge in [-0.2, -0.15) is 4.89 Å². The van der Waals surface area contributed by atoms with E-state index in [0.29, 0.717) is 6.42 Å². The Labute approximate surface area is 105 Å². The minimum Gasteiger partial charge on any atom is -0.433 e. The molecule has 0 bridgehead atoms. The van der Waals surface area contributed by atoms with Crippen molar-refractivity contribution in [2.75, 3.05) is 0 Å². The van der Waals surface area contributed by atoms with Gasteiger partial charge in [-0.05, 0) is 26.7 Å². The first-order valence-electron chi connectivity index (χ1n) is 6.45. The lowest BCUT2D eigenvalue weighted by atomic mass is 10.1. The Morgan fingerprint density at radius 1 is 1.24 bits per heavy atom. The second-order valence-corrected chi connectivity index (χ2v) is 4.81. The van der Waals surface area contributed by atoms with Crippen molar-refractivity contribution >= 4 is 5.97 Å². The second-order valence-electron chi connectivity index (χ2n) is 4.81. The zero-order chi connectivity index (χ0) is 13.3. The third kappa shape index (κ3) is 9.12. The third-order valence-electron chi connectivity index (χ3n) is 2.54. The minimum absolute atomic E-state index is 0.233. The Bertz CT molecular complexity index is 213. The predicted octanol–water partition coefficient (Wildman–Crippen LogP) is 3.59. The zero-order valence-electron chi connectivity index (χ0n) is 11.7. The molecule has 0 fully saturated rings. The van der Waals surface area contributed by atoms with E-state index in [1.54, 1.807) is 6.92 Å². The van der Waals surface area contributed by atoms with Crippen LogP contribution in [-0.2, 0) is 19.3 Å². The summed E-state index contributed by atoms with van der Waals surface area (Å²) >= 11 is 0. The molecule has 0 aliphatic carbocycles. The zero-order valence-corrected chi connectivity index (χ0v) is 11.7. The van der Waals surface area contributed by atoms with Crippen molar-refractivity contribution in [1.29, 1.82) is 0 Å². The molecule has 0 amide bonds. The molecule has 4 heteroatoms. The van der Waals surface area contributed by atoms with Crippen molar-refractivity contribution in [3.8, 4) is 0 Å². The van der Waals surface area contributed by atoms with Crippen molar-refractivity contribution in [3.63, 3.8) is 0 Å². The van der Waals surface area contributed by atoms with Gasteiger partial charge in [-0.1, -0.05) is 26.7 Å². The number of esters is 1. The van der Waals surface area contributed by atoms with Crippen LogP contribution in [0.4, 0.5) is 0 Å². The summed E-state index contributed by atoms with van der Waals surface area (Å²) < 4.78 is 5.05. The quantitative estimate of drug-likeness (QED) is 0.205. The van der Waals surface area contributed by atoms with Gasteiger partial charge >= 0.3 is 5.97 Å². The molecule has 0 N–H and O–H groups in total. The molecule has 0 aliphatic heterocycles. The molecular formula is C13H26O4. The summed E-state index contributed by atoms with van der Waals surface area (Å²) in [5, 5.41) is 0. The lowest BCUT2D eigenvalue weighted by Crippen LogP contribution is -2.28. The molecule has 102 valence electrons. The Morgan fingerprint density at radius 3 is 2.41 bits per heavy atom. The van der Waals surface area contributed by atoms with Gasteiger partial charge in [-0.3, -0.25) is 4.79 Å². The van der Waals surface area contributed by atoms with Crippen LogP contribution in [0.3, 0.4) is 0 Å². The van der Waals surface area contributed by atoms with Crippen LogP contribution in [0.5, 0.6) is 0 Å². The smallest absolute Gasteiger partial charge is 0.308 e. The molecule has 0 rings (SSSR count). The van der Waals surface area contributed by atoms with Crippen LogP contribution < -0.4 is 0 Å². The highest BCUT2D eigenvalue weighted by Gasteiger charge is 2.19. The van der Waals surface area contributed by atoms with Crippen LogP contribution in [0, 0.1) is 0 Å². The van der Waals surface area contributed by atoms with E-state index in [2.05, 4.69) is 6.92 Å². The SMILES string of the molecule is CCCCCC(=O)OC(C)OOC(C)(C)CC. The predicted molar refractivity (Wildman–Crippen MR) is 66.2 cm³/mol. The molecular weight excluding hydrogens is 220 g/mol. The Kier molecular flexibility index (Phi) is 8.17. The largest absolute Gasteiger partial charge is 0.433 e. The second kappa shape index (κ2) is 8.48. The van der Waals surface area contributed by atoms with Crippen LogP contribution in [0.1, 0.15) is 66.7 Å². The maximum atomic E-state index is 11.4. The van der Waals surface area contributed by atoms with E-state index < -0.39 is 6.29 Å². The number of hydrogen-bond donors (Lipinski definition) is 0. The van der Waals surface area contributed by atoms with Gasteiger partial charge in [0.2, 0.25) is 6.29 Å². The van der Waals surface area contributed by atoms with E-state index in [1.807, 2.05) is 20.8 Å². The highest BCUT2D eigenvalue weighted by Crippen LogP contribution is 2.15. The molecule has 0 radical (unpaired) electrons. The van der Waals surface area contributed by atoms with E-state index >= 15 is 0 Å². The highest BCUT2D eigenvalue weighted by atomic mass is 17.2. The number of hydrogen-bond acceptors (Lipinski definition) is 4. The fourth-order valence-corrected chi connectivity index (χ4v) is 1.04. The van der Waals surface area contributed by atoms with Crippen molar-refractivity contribution < 1.29 is 19.3 Å². The maximum Gasteiger partial charge on any atom is 0.308 e. The van der Waals surface area contributed by atoms with E-state index in [9.17, 15) is 4.79 Å². The van der Waals surface area contributed by atoms with Crippen molar-refractivity contribution in [2.45, 2.75) is 78.6 Å². The summed E-state index contributed by atoms with van der Waals surface area (Å²) in [6.45, 7) is 9.59. The lowest BCUT2D eigenvalue weighted by Gasteiger charge is -2.23. The Balaban J connectivity index is 3.71. The van der Waals surface area contributed by atoms with Crippen LogP contribution in [0.15, 0.2) is 0 Å².